The van der Waals surface area contributed by atoms with Gasteiger partial charge in [0, 0.05) is 75.2 Å². The molecular formula is C20H32IN7S2. The van der Waals surface area contributed by atoms with E-state index < -0.39 is 0 Å². The van der Waals surface area contributed by atoms with Gasteiger partial charge in [0.2, 0.25) is 5.13 Å². The molecule has 0 saturated carbocycles. The number of anilines is 1. The molecular weight excluding hydrogens is 529 g/mol. The first kappa shape index (κ1) is 23.7. The summed E-state index contributed by atoms with van der Waals surface area (Å²) < 4.78 is 4.42. The van der Waals surface area contributed by atoms with Gasteiger partial charge in [-0.3, -0.25) is 9.89 Å². The number of thiophene rings is 1. The molecule has 4 heterocycles. The van der Waals surface area contributed by atoms with Crippen molar-refractivity contribution in [1.82, 2.24) is 24.5 Å². The molecule has 0 amide bonds. The van der Waals surface area contributed by atoms with E-state index in [1.165, 1.54) is 23.5 Å². The maximum Gasteiger partial charge on any atom is 0.205 e. The van der Waals surface area contributed by atoms with Crippen molar-refractivity contribution >= 4 is 57.9 Å². The van der Waals surface area contributed by atoms with Crippen molar-refractivity contribution in [3.63, 3.8) is 0 Å². The number of hydrogen-bond donors (Lipinski definition) is 1. The first-order valence-electron chi connectivity index (χ1n) is 10.6. The van der Waals surface area contributed by atoms with Crippen molar-refractivity contribution in [3.05, 3.63) is 27.7 Å². The summed E-state index contributed by atoms with van der Waals surface area (Å²) >= 11 is 3.42. The lowest BCUT2D eigenvalue weighted by Crippen LogP contribution is -2.52. The molecule has 0 unspecified atom stereocenters. The third kappa shape index (κ3) is 5.83. The Kier molecular flexibility index (Phi) is 9.14. The number of hydrogen-bond acceptors (Lipinski definition) is 7. The van der Waals surface area contributed by atoms with Gasteiger partial charge in [0.15, 0.2) is 5.96 Å². The van der Waals surface area contributed by atoms with Gasteiger partial charge < -0.3 is 15.1 Å². The van der Waals surface area contributed by atoms with Crippen LogP contribution in [0.5, 0.6) is 0 Å². The third-order valence-electron chi connectivity index (χ3n) is 5.52. The Hall–Kier alpha value is -0.980. The largest absolute Gasteiger partial charge is 0.357 e. The van der Waals surface area contributed by atoms with Gasteiger partial charge in [0.25, 0.3) is 0 Å². The van der Waals surface area contributed by atoms with Gasteiger partial charge in [-0.2, -0.15) is 4.37 Å². The van der Waals surface area contributed by atoms with Crippen molar-refractivity contribution in [1.29, 1.82) is 0 Å². The number of aliphatic imine (C=N–C) groups is 1. The van der Waals surface area contributed by atoms with E-state index in [1.807, 2.05) is 11.3 Å². The third-order valence-corrected chi connectivity index (χ3v) is 7.36. The molecule has 0 atom stereocenters. The van der Waals surface area contributed by atoms with Gasteiger partial charge in [-0.15, -0.1) is 35.3 Å². The molecule has 0 bridgehead atoms. The standard InChI is InChI=1S/C20H31N7S2.HI/c1-3-18-23-20(29-24-18)27-12-10-26(11-13-27)19(21-4-2)22-7-9-25-8-5-17-16(15-25)6-14-28-17;/h6,14H,3-5,7-13,15H2,1-2H3,(H,21,22);1H. The molecule has 1 saturated heterocycles. The van der Waals surface area contributed by atoms with E-state index in [0.717, 1.165) is 82.2 Å². The molecule has 1 fully saturated rings. The summed E-state index contributed by atoms with van der Waals surface area (Å²) in [6.07, 6.45) is 2.09. The lowest BCUT2D eigenvalue weighted by molar-refractivity contribution is 0.263. The molecule has 2 aliphatic rings. The summed E-state index contributed by atoms with van der Waals surface area (Å²) in [5.41, 5.74) is 1.51. The number of nitrogens with zero attached hydrogens (tertiary/aromatic N) is 6. The summed E-state index contributed by atoms with van der Waals surface area (Å²) in [5.74, 6) is 2.00. The first-order valence-corrected chi connectivity index (χ1v) is 12.3. The Labute approximate surface area is 204 Å². The zero-order chi connectivity index (χ0) is 20.1. The minimum Gasteiger partial charge on any atom is -0.357 e. The molecule has 166 valence electrons. The van der Waals surface area contributed by atoms with Crippen LogP contribution < -0.4 is 10.2 Å². The predicted molar refractivity (Wildman–Crippen MR) is 138 cm³/mol. The van der Waals surface area contributed by atoms with Crippen molar-refractivity contribution < 1.29 is 0 Å². The first-order chi connectivity index (χ1) is 14.3. The Morgan fingerprint density at radius 2 is 2.03 bits per heavy atom. The lowest BCUT2D eigenvalue weighted by Gasteiger charge is -2.36. The second kappa shape index (κ2) is 11.6. The summed E-state index contributed by atoms with van der Waals surface area (Å²) in [6.45, 7) is 13.1. The summed E-state index contributed by atoms with van der Waals surface area (Å²) in [4.78, 5) is 18.4. The predicted octanol–water partition coefficient (Wildman–Crippen LogP) is 2.93. The maximum atomic E-state index is 4.94. The highest BCUT2D eigenvalue weighted by atomic mass is 127. The topological polar surface area (TPSA) is 59.9 Å². The molecule has 0 aromatic carbocycles. The number of fused-ring (bicyclic) bond motifs is 1. The molecule has 2 aromatic heterocycles. The zero-order valence-electron chi connectivity index (χ0n) is 17.8. The lowest BCUT2D eigenvalue weighted by atomic mass is 10.1. The quantitative estimate of drug-likeness (QED) is 0.333. The van der Waals surface area contributed by atoms with E-state index in [9.17, 15) is 0 Å². The average Bonchev–Trinajstić information content (AvgIpc) is 3.42. The monoisotopic (exact) mass is 561 g/mol. The molecule has 4 rings (SSSR count). The molecule has 0 radical (unpaired) electrons. The number of guanidine groups is 1. The fourth-order valence-corrected chi connectivity index (χ4v) is 5.54. The van der Waals surface area contributed by atoms with Gasteiger partial charge in [-0.25, -0.2) is 4.98 Å². The van der Waals surface area contributed by atoms with Crippen LogP contribution in [-0.4, -0.2) is 77.5 Å². The fraction of sp³-hybridized carbons (Fsp3) is 0.650. The normalized spacial score (nSPS) is 17.6. The van der Waals surface area contributed by atoms with Crippen LogP contribution in [0.1, 0.15) is 30.1 Å². The number of aryl methyl sites for hydroxylation is 1. The Morgan fingerprint density at radius 3 is 2.77 bits per heavy atom. The second-order valence-electron chi connectivity index (χ2n) is 7.45. The van der Waals surface area contributed by atoms with Gasteiger partial charge >= 0.3 is 0 Å². The van der Waals surface area contributed by atoms with E-state index in [2.05, 4.69) is 54.7 Å². The molecule has 10 heteroatoms. The number of rotatable bonds is 6. The molecule has 30 heavy (non-hydrogen) atoms. The van der Waals surface area contributed by atoms with Crippen molar-refractivity contribution in [2.24, 2.45) is 4.99 Å². The van der Waals surface area contributed by atoms with Gasteiger partial charge in [-0.05, 0) is 30.4 Å². The van der Waals surface area contributed by atoms with Crippen molar-refractivity contribution in [2.45, 2.75) is 33.2 Å². The maximum absolute atomic E-state index is 4.94. The minimum atomic E-state index is 0. The van der Waals surface area contributed by atoms with E-state index >= 15 is 0 Å². The van der Waals surface area contributed by atoms with Crippen LogP contribution in [0, 0.1) is 0 Å². The van der Waals surface area contributed by atoms with E-state index in [4.69, 9.17) is 4.99 Å². The van der Waals surface area contributed by atoms with Crippen LogP contribution in [0.4, 0.5) is 5.13 Å². The van der Waals surface area contributed by atoms with Crippen LogP contribution >= 0.6 is 46.8 Å². The molecule has 2 aliphatic heterocycles. The van der Waals surface area contributed by atoms with Gasteiger partial charge in [0.05, 0.1) is 6.54 Å². The van der Waals surface area contributed by atoms with E-state index in [1.54, 1.807) is 4.88 Å². The smallest absolute Gasteiger partial charge is 0.205 e. The molecule has 2 aromatic rings. The number of halogens is 1. The van der Waals surface area contributed by atoms with Crippen molar-refractivity contribution in [3.8, 4) is 0 Å². The minimum absolute atomic E-state index is 0. The van der Waals surface area contributed by atoms with Gasteiger partial charge in [0.1, 0.15) is 5.82 Å². The Bertz CT molecular complexity index is 814. The van der Waals surface area contributed by atoms with E-state index in [0.29, 0.717) is 0 Å². The number of nitrogens with one attached hydrogen (secondary N) is 1. The van der Waals surface area contributed by atoms with Crippen LogP contribution in [0.2, 0.25) is 0 Å². The highest BCUT2D eigenvalue weighted by Crippen LogP contribution is 2.23. The van der Waals surface area contributed by atoms with Crippen LogP contribution in [0.15, 0.2) is 16.4 Å². The van der Waals surface area contributed by atoms with Gasteiger partial charge in [-0.1, -0.05) is 6.92 Å². The van der Waals surface area contributed by atoms with E-state index in [-0.39, 0.29) is 24.0 Å². The number of aromatic nitrogens is 2. The average molecular weight is 562 g/mol. The number of piperazine rings is 1. The SMILES string of the molecule is CCNC(=NCCN1CCc2sccc2C1)N1CCN(c2nc(CC)ns2)CC1.I. The molecule has 7 nitrogen and oxygen atoms in total. The molecule has 1 N–H and O–H groups in total. The Morgan fingerprint density at radius 1 is 1.20 bits per heavy atom. The Balaban J connectivity index is 0.00000256. The van der Waals surface area contributed by atoms with Crippen LogP contribution in [-0.2, 0) is 19.4 Å². The molecule has 0 spiro atoms. The highest BCUT2D eigenvalue weighted by molar-refractivity contribution is 14.0. The fourth-order valence-electron chi connectivity index (χ4n) is 3.85. The highest BCUT2D eigenvalue weighted by Gasteiger charge is 2.22. The summed E-state index contributed by atoms with van der Waals surface area (Å²) in [5, 5.41) is 6.76. The summed E-state index contributed by atoms with van der Waals surface area (Å²) in [7, 11) is 0. The molecule has 0 aliphatic carbocycles. The van der Waals surface area contributed by atoms with Crippen LogP contribution in [0.3, 0.4) is 0 Å². The van der Waals surface area contributed by atoms with Crippen LogP contribution in [0.25, 0.3) is 0 Å². The summed E-state index contributed by atoms with van der Waals surface area (Å²) in [6, 6.07) is 2.28. The zero-order valence-corrected chi connectivity index (χ0v) is 21.8. The van der Waals surface area contributed by atoms with Crippen molar-refractivity contribution in [2.75, 3.05) is 57.3 Å². The second-order valence-corrected chi connectivity index (χ2v) is 9.18.